The third kappa shape index (κ3) is 1.59. The second-order valence-electron chi connectivity index (χ2n) is 2.69. The van der Waals surface area contributed by atoms with Gasteiger partial charge in [-0.3, -0.25) is 0 Å². The van der Waals surface area contributed by atoms with Gasteiger partial charge in [0.15, 0.2) is 0 Å². The molecule has 0 aliphatic carbocycles. The molecule has 0 atom stereocenters. The molecule has 0 aliphatic heterocycles. The maximum atomic E-state index is 9.54. The van der Waals surface area contributed by atoms with Crippen LogP contribution in [0.5, 0.6) is 0 Å². The van der Waals surface area contributed by atoms with Crippen LogP contribution in [0.4, 0.5) is 0 Å². The smallest absolute Gasteiger partial charge is 0.0859 e. The fourth-order valence-electron chi connectivity index (χ4n) is 0.718. The van der Waals surface area contributed by atoms with Gasteiger partial charge in [-0.25, -0.2) is 0 Å². The van der Waals surface area contributed by atoms with Crippen LogP contribution in [0.25, 0.3) is 0 Å². The first-order valence-electron chi connectivity index (χ1n) is 2.96. The van der Waals surface area contributed by atoms with E-state index >= 15 is 0 Å². The molecule has 0 amide bonds. The zero-order valence-corrected chi connectivity index (χ0v) is 8.29. The van der Waals surface area contributed by atoms with Gasteiger partial charge in [-0.1, -0.05) is 0 Å². The molecule has 0 fully saturated rings. The van der Waals surface area contributed by atoms with E-state index in [9.17, 15) is 5.11 Å². The summed E-state index contributed by atoms with van der Waals surface area (Å²) in [5.41, 5.74) is 0.233. The molecule has 3 heteroatoms. The lowest BCUT2D eigenvalue weighted by Crippen LogP contribution is -2.14. The quantitative estimate of drug-likeness (QED) is 0.772. The maximum absolute atomic E-state index is 9.54. The van der Waals surface area contributed by atoms with Crippen LogP contribution in [0.2, 0.25) is 0 Å². The summed E-state index contributed by atoms with van der Waals surface area (Å²) in [4.78, 5) is 0. The lowest BCUT2D eigenvalue weighted by Gasteiger charge is -2.15. The van der Waals surface area contributed by atoms with Crippen LogP contribution in [0.15, 0.2) is 15.2 Å². The van der Waals surface area contributed by atoms with Crippen molar-refractivity contribution in [3.63, 3.8) is 0 Å². The number of halogens is 1. The summed E-state index contributed by atoms with van der Waals surface area (Å²) >= 11 is 4.94. The van der Waals surface area contributed by atoms with Crippen LogP contribution in [-0.4, -0.2) is 5.11 Å². The molecule has 1 aromatic heterocycles. The van der Waals surface area contributed by atoms with E-state index in [4.69, 9.17) is 0 Å². The van der Waals surface area contributed by atoms with Crippen molar-refractivity contribution in [2.45, 2.75) is 19.4 Å². The molecular formula is C7H9BrOS. The van der Waals surface area contributed by atoms with Gasteiger partial charge in [-0.05, 0) is 35.2 Å². The van der Waals surface area contributed by atoms with E-state index < -0.39 is 5.60 Å². The molecule has 10 heavy (non-hydrogen) atoms. The largest absolute Gasteiger partial charge is 0.386 e. The molecule has 56 valence electrons. The van der Waals surface area contributed by atoms with Gasteiger partial charge in [-0.2, -0.15) is 11.3 Å². The van der Waals surface area contributed by atoms with E-state index in [-0.39, 0.29) is 0 Å². The molecule has 1 rings (SSSR count). The van der Waals surface area contributed by atoms with Crippen molar-refractivity contribution in [1.82, 2.24) is 0 Å². The lowest BCUT2D eigenvalue weighted by atomic mass is 10.0. The van der Waals surface area contributed by atoms with E-state index in [1.165, 1.54) is 0 Å². The van der Waals surface area contributed by atoms with Gasteiger partial charge < -0.3 is 5.11 Å². The van der Waals surface area contributed by atoms with Gasteiger partial charge in [0.2, 0.25) is 0 Å². The third-order valence-electron chi connectivity index (χ3n) is 1.27. The van der Waals surface area contributed by atoms with Crippen molar-refractivity contribution < 1.29 is 5.11 Å². The van der Waals surface area contributed by atoms with E-state index in [1.807, 2.05) is 10.8 Å². The normalized spacial score (nSPS) is 12.0. The molecule has 0 aliphatic rings. The summed E-state index contributed by atoms with van der Waals surface area (Å²) in [6.45, 7) is 3.56. The molecular weight excluding hydrogens is 212 g/mol. The minimum atomic E-state index is -0.723. The Morgan fingerprint density at radius 1 is 1.50 bits per heavy atom. The van der Waals surface area contributed by atoms with Gasteiger partial charge >= 0.3 is 0 Å². The van der Waals surface area contributed by atoms with Crippen molar-refractivity contribution >= 4 is 27.3 Å². The number of aliphatic hydroxyl groups is 1. The van der Waals surface area contributed by atoms with Crippen molar-refractivity contribution in [1.29, 1.82) is 0 Å². The second kappa shape index (κ2) is 2.64. The molecule has 1 N–H and O–H groups in total. The zero-order valence-electron chi connectivity index (χ0n) is 5.89. The van der Waals surface area contributed by atoms with Gasteiger partial charge in [0.05, 0.1) is 5.60 Å². The van der Waals surface area contributed by atoms with Crippen LogP contribution in [-0.2, 0) is 5.60 Å². The molecule has 0 bridgehead atoms. The minimum absolute atomic E-state index is 0.723. The Morgan fingerprint density at radius 2 is 2.10 bits per heavy atom. The second-order valence-corrected chi connectivity index (χ2v) is 4.29. The number of rotatable bonds is 1. The summed E-state index contributed by atoms with van der Waals surface area (Å²) < 4.78 is 0.991. The van der Waals surface area contributed by atoms with Crippen molar-refractivity contribution in [3.8, 4) is 0 Å². The van der Waals surface area contributed by atoms with Crippen LogP contribution < -0.4 is 0 Å². The predicted molar refractivity (Wildman–Crippen MR) is 47.3 cm³/mol. The summed E-state index contributed by atoms with van der Waals surface area (Å²) in [5.74, 6) is 0. The highest BCUT2D eigenvalue weighted by molar-refractivity contribution is 9.10. The van der Waals surface area contributed by atoms with E-state index in [0.29, 0.717) is 0 Å². The average molecular weight is 221 g/mol. The Hall–Kier alpha value is 0.140. The molecule has 0 radical (unpaired) electrons. The molecule has 1 nitrogen and oxygen atoms in total. The highest BCUT2D eigenvalue weighted by atomic mass is 79.9. The van der Waals surface area contributed by atoms with E-state index in [2.05, 4.69) is 15.9 Å². The fraction of sp³-hybridized carbons (Fsp3) is 0.429. The van der Waals surface area contributed by atoms with Gasteiger partial charge in [0.25, 0.3) is 0 Å². The van der Waals surface area contributed by atoms with Gasteiger partial charge in [0.1, 0.15) is 0 Å². The Balaban J connectivity index is 3.05. The molecule has 0 aromatic carbocycles. The fourth-order valence-corrected chi connectivity index (χ4v) is 2.66. The van der Waals surface area contributed by atoms with Crippen LogP contribution in [0, 0.1) is 0 Å². The molecule has 0 unspecified atom stereocenters. The van der Waals surface area contributed by atoms with E-state index in [0.717, 1.165) is 10.0 Å². The van der Waals surface area contributed by atoms with Gasteiger partial charge in [0, 0.05) is 15.4 Å². The van der Waals surface area contributed by atoms with Crippen LogP contribution >= 0.6 is 27.3 Å². The number of hydrogen-bond donors (Lipinski definition) is 1. The van der Waals surface area contributed by atoms with Crippen molar-refractivity contribution in [3.05, 3.63) is 20.8 Å². The zero-order chi connectivity index (χ0) is 7.78. The Kier molecular flexibility index (Phi) is 2.18. The highest BCUT2D eigenvalue weighted by Gasteiger charge is 2.19. The third-order valence-corrected chi connectivity index (χ3v) is 2.98. The average Bonchev–Trinajstić information content (AvgIpc) is 2.11. The summed E-state index contributed by atoms with van der Waals surface area (Å²) in [5, 5.41) is 13.4. The first kappa shape index (κ1) is 8.24. The highest BCUT2D eigenvalue weighted by Crippen LogP contribution is 2.30. The number of hydrogen-bond acceptors (Lipinski definition) is 2. The monoisotopic (exact) mass is 220 g/mol. The maximum Gasteiger partial charge on any atom is 0.0859 e. The van der Waals surface area contributed by atoms with Crippen LogP contribution in [0.3, 0.4) is 0 Å². The lowest BCUT2D eigenvalue weighted by molar-refractivity contribution is 0.0783. The Morgan fingerprint density at radius 3 is 2.30 bits per heavy atom. The molecule has 0 spiro atoms. The molecule has 1 heterocycles. The van der Waals surface area contributed by atoms with E-state index in [1.54, 1.807) is 25.2 Å². The summed E-state index contributed by atoms with van der Waals surface area (Å²) in [6.07, 6.45) is 0. The topological polar surface area (TPSA) is 20.2 Å². The van der Waals surface area contributed by atoms with Gasteiger partial charge in [-0.15, -0.1) is 0 Å². The van der Waals surface area contributed by atoms with Crippen molar-refractivity contribution in [2.75, 3.05) is 0 Å². The predicted octanol–water partition coefficient (Wildman–Crippen LogP) is 2.74. The summed E-state index contributed by atoms with van der Waals surface area (Å²) in [7, 11) is 0. The first-order chi connectivity index (χ1) is 4.52. The Bertz CT molecular complexity index is 224. The van der Waals surface area contributed by atoms with Crippen molar-refractivity contribution in [2.24, 2.45) is 0 Å². The first-order valence-corrected chi connectivity index (χ1v) is 4.70. The summed E-state index contributed by atoms with van der Waals surface area (Å²) in [6, 6.07) is 0. The number of thiophene rings is 1. The van der Waals surface area contributed by atoms with Crippen LogP contribution in [0.1, 0.15) is 19.4 Å². The molecule has 0 saturated heterocycles. The minimum Gasteiger partial charge on any atom is -0.386 e. The molecule has 1 aromatic rings. The Labute approximate surface area is 72.8 Å². The molecule has 0 saturated carbocycles. The SMILES string of the molecule is CC(C)(O)c1cscc1Br. The standard InChI is InChI=1S/C7H9BrOS/c1-7(2,9)5-3-10-4-6(5)8/h3-4,9H,1-2H3.